The first-order valence-electron chi connectivity index (χ1n) is 9.85. The van der Waals surface area contributed by atoms with E-state index in [-0.39, 0.29) is 29.9 Å². The number of rotatable bonds is 10. The Kier molecular flexibility index (Phi) is 9.15. The molecule has 3 N–H and O–H groups in total. The minimum absolute atomic E-state index is 0.118. The summed E-state index contributed by atoms with van der Waals surface area (Å²) in [7, 11) is 0. The van der Waals surface area contributed by atoms with E-state index in [1.165, 1.54) is 36.4 Å². The van der Waals surface area contributed by atoms with E-state index >= 15 is 0 Å². The van der Waals surface area contributed by atoms with E-state index in [2.05, 4.69) is 15.4 Å². The smallest absolute Gasteiger partial charge is 0.508 e. The first-order chi connectivity index (χ1) is 14.9. The summed E-state index contributed by atoms with van der Waals surface area (Å²) in [5.41, 5.74) is 0.413. The molecule has 2 aromatic rings. The van der Waals surface area contributed by atoms with Crippen LogP contribution in [0.5, 0.6) is 17.2 Å². The molecule has 0 radical (unpaired) electrons. The average molecular weight is 430 g/mol. The molecule has 0 saturated heterocycles. The lowest BCUT2D eigenvalue weighted by Crippen LogP contribution is -2.37. The molecule has 1 unspecified atom stereocenters. The summed E-state index contributed by atoms with van der Waals surface area (Å²) >= 11 is 0. The predicted octanol–water partition coefficient (Wildman–Crippen LogP) is 2.63. The van der Waals surface area contributed by atoms with Crippen LogP contribution in [0.3, 0.4) is 0 Å². The Morgan fingerprint density at radius 3 is 2.19 bits per heavy atom. The molecule has 2 aromatic carbocycles. The minimum Gasteiger partial charge on any atom is -0.508 e. The van der Waals surface area contributed by atoms with Gasteiger partial charge in [0.1, 0.15) is 17.2 Å². The minimum atomic E-state index is -0.801. The quantitative estimate of drug-likeness (QED) is 0.301. The van der Waals surface area contributed by atoms with Crippen molar-refractivity contribution in [1.82, 2.24) is 10.6 Å². The average Bonchev–Trinajstić information content (AvgIpc) is 2.75. The second-order valence-electron chi connectivity index (χ2n) is 6.46. The van der Waals surface area contributed by atoms with Crippen LogP contribution in [-0.4, -0.2) is 48.9 Å². The molecule has 166 valence electrons. The second-order valence-corrected chi connectivity index (χ2v) is 6.46. The Bertz CT molecular complexity index is 866. The van der Waals surface area contributed by atoms with Gasteiger partial charge in [-0.2, -0.15) is 0 Å². The Morgan fingerprint density at radius 1 is 0.935 bits per heavy atom. The monoisotopic (exact) mass is 430 g/mol. The van der Waals surface area contributed by atoms with Crippen LogP contribution < -0.4 is 20.1 Å². The molecule has 0 heterocycles. The van der Waals surface area contributed by atoms with Crippen LogP contribution in [0.25, 0.3) is 0 Å². The van der Waals surface area contributed by atoms with E-state index in [9.17, 15) is 19.5 Å². The zero-order chi connectivity index (χ0) is 22.6. The molecule has 0 bridgehead atoms. The number of carbonyl (C=O) groups is 3. The van der Waals surface area contributed by atoms with Crippen molar-refractivity contribution in [3.8, 4) is 17.2 Å². The molecule has 0 aliphatic carbocycles. The maximum absolute atomic E-state index is 12.1. The van der Waals surface area contributed by atoms with Crippen LogP contribution in [0.2, 0.25) is 0 Å². The number of benzene rings is 2. The van der Waals surface area contributed by atoms with Crippen molar-refractivity contribution in [3.05, 3.63) is 54.1 Å². The Balaban J connectivity index is 1.65. The lowest BCUT2D eigenvalue weighted by Gasteiger charge is -2.15. The number of phenolic OH excluding ortho intramolecular Hbond substituents is 1. The van der Waals surface area contributed by atoms with Gasteiger partial charge in [-0.05, 0) is 68.8 Å². The SMILES string of the molecule is CCOC(=O)Oc1ccc(C(=O)NCCCNC(=O)C(C)Oc2ccc(O)cc2)cc1. The molecule has 0 aliphatic heterocycles. The molecule has 2 rings (SSSR count). The van der Waals surface area contributed by atoms with Crippen molar-refractivity contribution in [3.63, 3.8) is 0 Å². The maximum Gasteiger partial charge on any atom is 0.513 e. The molecule has 9 heteroatoms. The Hall–Kier alpha value is -3.75. The van der Waals surface area contributed by atoms with Gasteiger partial charge >= 0.3 is 6.16 Å². The molecule has 1 atom stereocenters. The van der Waals surface area contributed by atoms with E-state index in [0.717, 1.165) is 0 Å². The first-order valence-corrected chi connectivity index (χ1v) is 9.85. The van der Waals surface area contributed by atoms with Gasteiger partial charge < -0.3 is 30.0 Å². The van der Waals surface area contributed by atoms with Crippen molar-refractivity contribution in [2.75, 3.05) is 19.7 Å². The van der Waals surface area contributed by atoms with Crippen LogP contribution in [0, 0.1) is 0 Å². The zero-order valence-electron chi connectivity index (χ0n) is 17.4. The van der Waals surface area contributed by atoms with Gasteiger partial charge in [-0.1, -0.05) is 0 Å². The van der Waals surface area contributed by atoms with Crippen LogP contribution in [0.4, 0.5) is 4.79 Å². The highest BCUT2D eigenvalue weighted by molar-refractivity contribution is 5.94. The number of carbonyl (C=O) groups excluding carboxylic acids is 3. The summed E-state index contributed by atoms with van der Waals surface area (Å²) in [6.45, 7) is 4.25. The molecule has 0 aromatic heterocycles. The molecule has 0 saturated carbocycles. The van der Waals surface area contributed by atoms with Crippen LogP contribution in [-0.2, 0) is 9.53 Å². The fourth-order valence-electron chi connectivity index (χ4n) is 2.45. The number of nitrogens with one attached hydrogen (secondary N) is 2. The lowest BCUT2D eigenvalue weighted by atomic mass is 10.2. The number of hydrogen-bond acceptors (Lipinski definition) is 7. The van der Waals surface area contributed by atoms with Crippen molar-refractivity contribution >= 4 is 18.0 Å². The summed E-state index contributed by atoms with van der Waals surface area (Å²) in [6.07, 6.45) is -0.966. The number of aromatic hydroxyl groups is 1. The zero-order valence-corrected chi connectivity index (χ0v) is 17.4. The van der Waals surface area contributed by atoms with E-state index in [1.54, 1.807) is 26.0 Å². The van der Waals surface area contributed by atoms with Crippen molar-refractivity contribution in [1.29, 1.82) is 0 Å². The second kappa shape index (κ2) is 12.1. The van der Waals surface area contributed by atoms with Gasteiger partial charge in [-0.15, -0.1) is 0 Å². The van der Waals surface area contributed by atoms with Crippen molar-refractivity contribution in [2.45, 2.75) is 26.4 Å². The van der Waals surface area contributed by atoms with Gasteiger partial charge in [0, 0.05) is 18.7 Å². The molecule has 0 aliphatic rings. The van der Waals surface area contributed by atoms with E-state index in [1.807, 2.05) is 0 Å². The standard InChI is InChI=1S/C22H26N2O7/c1-3-29-22(28)31-19-9-5-16(6-10-19)21(27)24-14-4-13-23-20(26)15(2)30-18-11-7-17(25)8-12-18/h5-12,15,25H,3-4,13-14H2,1-2H3,(H,23,26)(H,24,27). The van der Waals surface area contributed by atoms with Gasteiger partial charge in [0.15, 0.2) is 6.10 Å². The highest BCUT2D eigenvalue weighted by Gasteiger charge is 2.14. The summed E-state index contributed by atoms with van der Waals surface area (Å²) < 4.78 is 15.1. The molecule has 2 amide bonds. The lowest BCUT2D eigenvalue weighted by molar-refractivity contribution is -0.127. The fraction of sp³-hybridized carbons (Fsp3) is 0.318. The van der Waals surface area contributed by atoms with Gasteiger partial charge in [0.05, 0.1) is 6.61 Å². The number of hydrogen-bond donors (Lipinski definition) is 3. The van der Waals surface area contributed by atoms with Crippen LogP contribution in [0.15, 0.2) is 48.5 Å². The molecule has 9 nitrogen and oxygen atoms in total. The largest absolute Gasteiger partial charge is 0.513 e. The number of ether oxygens (including phenoxy) is 3. The highest BCUT2D eigenvalue weighted by atomic mass is 16.7. The van der Waals surface area contributed by atoms with Gasteiger partial charge in [-0.3, -0.25) is 9.59 Å². The van der Waals surface area contributed by atoms with Gasteiger partial charge in [0.25, 0.3) is 11.8 Å². The van der Waals surface area contributed by atoms with E-state index in [0.29, 0.717) is 30.8 Å². The normalized spacial score (nSPS) is 11.2. The number of amides is 2. The van der Waals surface area contributed by atoms with Gasteiger partial charge in [0.2, 0.25) is 0 Å². The van der Waals surface area contributed by atoms with Crippen molar-refractivity contribution < 1.29 is 33.7 Å². The third-order valence-electron chi connectivity index (χ3n) is 4.04. The Morgan fingerprint density at radius 2 is 1.55 bits per heavy atom. The molecular formula is C22H26N2O7. The molecule has 0 spiro atoms. The molecule has 31 heavy (non-hydrogen) atoms. The summed E-state index contributed by atoms with van der Waals surface area (Å²) in [4.78, 5) is 35.5. The fourth-order valence-corrected chi connectivity index (χ4v) is 2.45. The summed E-state index contributed by atoms with van der Waals surface area (Å²) in [6, 6.07) is 12.2. The van der Waals surface area contributed by atoms with Crippen LogP contribution in [0.1, 0.15) is 30.6 Å². The third-order valence-corrected chi connectivity index (χ3v) is 4.04. The molecular weight excluding hydrogens is 404 g/mol. The van der Waals surface area contributed by atoms with E-state index in [4.69, 9.17) is 9.47 Å². The third kappa shape index (κ3) is 8.25. The summed E-state index contributed by atoms with van der Waals surface area (Å²) in [5, 5.41) is 14.7. The number of phenols is 1. The van der Waals surface area contributed by atoms with E-state index < -0.39 is 12.3 Å². The Labute approximate surface area is 180 Å². The topological polar surface area (TPSA) is 123 Å². The highest BCUT2D eigenvalue weighted by Crippen LogP contribution is 2.17. The maximum atomic E-state index is 12.1. The first kappa shape index (κ1) is 23.5. The predicted molar refractivity (Wildman–Crippen MR) is 112 cm³/mol. The molecule has 0 fully saturated rings. The summed E-state index contributed by atoms with van der Waals surface area (Å²) in [5.74, 6) is 0.315. The van der Waals surface area contributed by atoms with Crippen LogP contribution >= 0.6 is 0 Å². The van der Waals surface area contributed by atoms with Gasteiger partial charge in [-0.25, -0.2) is 4.79 Å². The van der Waals surface area contributed by atoms with Crippen molar-refractivity contribution in [2.24, 2.45) is 0 Å².